The Morgan fingerprint density at radius 3 is 2.25 bits per heavy atom. The van der Waals surface area contributed by atoms with E-state index < -0.39 is 0 Å². The highest BCUT2D eigenvalue weighted by Gasteiger charge is 2.07. The minimum absolute atomic E-state index is 0.521. The number of hydrogen-bond donors (Lipinski definition) is 1. The molecule has 2 nitrogen and oxygen atoms in total. The van der Waals surface area contributed by atoms with Crippen LogP contribution in [-0.2, 0) is 13.1 Å². The van der Waals surface area contributed by atoms with E-state index in [1.807, 2.05) is 12.1 Å². The van der Waals surface area contributed by atoms with Gasteiger partial charge < -0.3 is 10.6 Å². The number of nitrogens with two attached hydrogens (primary N) is 1. The second-order valence-electron chi connectivity index (χ2n) is 5.33. The van der Waals surface area contributed by atoms with Gasteiger partial charge in [0, 0.05) is 30.8 Å². The summed E-state index contributed by atoms with van der Waals surface area (Å²) in [4.78, 5) is 2.21. The lowest BCUT2D eigenvalue weighted by molar-refractivity contribution is 0.918. The van der Waals surface area contributed by atoms with Gasteiger partial charge in [-0.25, -0.2) is 0 Å². The van der Waals surface area contributed by atoms with Crippen LogP contribution in [-0.4, -0.2) is 7.05 Å². The van der Waals surface area contributed by atoms with Crippen LogP contribution in [0.5, 0.6) is 0 Å². The van der Waals surface area contributed by atoms with Crippen molar-refractivity contribution in [1.82, 2.24) is 0 Å². The van der Waals surface area contributed by atoms with Crippen LogP contribution in [0.1, 0.15) is 22.3 Å². The zero-order chi connectivity index (χ0) is 14.7. The summed E-state index contributed by atoms with van der Waals surface area (Å²) < 4.78 is 0. The number of aryl methyl sites for hydroxylation is 2. The van der Waals surface area contributed by atoms with Crippen molar-refractivity contribution in [3.63, 3.8) is 0 Å². The number of rotatable bonds is 4. The molecule has 0 saturated heterocycles. The Morgan fingerprint density at radius 1 is 1.05 bits per heavy atom. The van der Waals surface area contributed by atoms with Gasteiger partial charge in [0.05, 0.1) is 0 Å². The van der Waals surface area contributed by atoms with Gasteiger partial charge in [0.25, 0.3) is 0 Å². The summed E-state index contributed by atoms with van der Waals surface area (Å²) in [6.07, 6.45) is 0. The molecule has 2 aromatic rings. The summed E-state index contributed by atoms with van der Waals surface area (Å²) in [6.45, 7) is 5.54. The molecule has 0 fully saturated rings. The molecule has 3 heteroatoms. The van der Waals surface area contributed by atoms with Gasteiger partial charge in [-0.3, -0.25) is 0 Å². The molecule has 0 radical (unpaired) electrons. The molecule has 0 amide bonds. The average Bonchev–Trinajstić information content (AvgIpc) is 2.39. The number of nitrogens with zero attached hydrogens (tertiary/aromatic N) is 1. The first-order valence-electron chi connectivity index (χ1n) is 6.76. The first-order valence-corrected chi connectivity index (χ1v) is 7.14. The van der Waals surface area contributed by atoms with Gasteiger partial charge in [-0.15, -0.1) is 0 Å². The lowest BCUT2D eigenvalue weighted by Crippen LogP contribution is -2.17. The topological polar surface area (TPSA) is 29.3 Å². The third-order valence-electron chi connectivity index (χ3n) is 3.41. The lowest BCUT2D eigenvalue weighted by Gasteiger charge is -2.21. The minimum Gasteiger partial charge on any atom is -0.370 e. The number of anilines is 1. The smallest absolute Gasteiger partial charge is 0.0459 e. The molecule has 0 aliphatic carbocycles. The summed E-state index contributed by atoms with van der Waals surface area (Å²) >= 11 is 6.32. The fourth-order valence-electron chi connectivity index (χ4n) is 2.36. The molecule has 2 aromatic carbocycles. The SMILES string of the molecule is Cc1cc(C)cc(N(C)Cc2ccc(CN)cc2Cl)c1. The van der Waals surface area contributed by atoms with Crippen LogP contribution in [0.15, 0.2) is 36.4 Å². The molecule has 0 atom stereocenters. The molecule has 0 heterocycles. The Bertz CT molecular complexity index is 588. The van der Waals surface area contributed by atoms with Crippen molar-refractivity contribution < 1.29 is 0 Å². The maximum absolute atomic E-state index is 6.32. The van der Waals surface area contributed by atoms with Gasteiger partial charge in [-0.05, 0) is 54.3 Å². The monoisotopic (exact) mass is 288 g/mol. The van der Waals surface area contributed by atoms with E-state index in [0.717, 1.165) is 22.7 Å². The molecule has 0 aromatic heterocycles. The molecule has 0 unspecified atom stereocenters. The molecule has 2 rings (SSSR count). The van der Waals surface area contributed by atoms with Gasteiger partial charge in [-0.2, -0.15) is 0 Å². The third kappa shape index (κ3) is 3.53. The average molecular weight is 289 g/mol. The summed E-state index contributed by atoms with van der Waals surface area (Å²) in [6, 6.07) is 12.6. The van der Waals surface area contributed by atoms with E-state index in [9.17, 15) is 0 Å². The quantitative estimate of drug-likeness (QED) is 0.919. The van der Waals surface area contributed by atoms with E-state index in [1.54, 1.807) is 0 Å². The molecule has 0 spiro atoms. The maximum Gasteiger partial charge on any atom is 0.0459 e. The van der Waals surface area contributed by atoms with Crippen molar-refractivity contribution in [3.05, 3.63) is 63.7 Å². The van der Waals surface area contributed by atoms with Gasteiger partial charge in [0.1, 0.15) is 0 Å². The Balaban J connectivity index is 2.20. The molecule has 0 bridgehead atoms. The van der Waals surface area contributed by atoms with E-state index >= 15 is 0 Å². The largest absolute Gasteiger partial charge is 0.370 e. The summed E-state index contributed by atoms with van der Waals surface area (Å²) in [7, 11) is 2.08. The van der Waals surface area contributed by atoms with Crippen molar-refractivity contribution >= 4 is 17.3 Å². The second-order valence-corrected chi connectivity index (χ2v) is 5.74. The molecule has 20 heavy (non-hydrogen) atoms. The third-order valence-corrected chi connectivity index (χ3v) is 3.76. The van der Waals surface area contributed by atoms with E-state index in [2.05, 4.69) is 50.1 Å². The predicted molar refractivity (Wildman–Crippen MR) is 87.4 cm³/mol. The predicted octanol–water partition coefficient (Wildman–Crippen LogP) is 4.05. The second kappa shape index (κ2) is 6.29. The zero-order valence-corrected chi connectivity index (χ0v) is 13.0. The van der Waals surface area contributed by atoms with Crippen molar-refractivity contribution in [2.45, 2.75) is 26.9 Å². The zero-order valence-electron chi connectivity index (χ0n) is 12.3. The number of benzene rings is 2. The highest BCUT2D eigenvalue weighted by Crippen LogP contribution is 2.23. The normalized spacial score (nSPS) is 10.7. The van der Waals surface area contributed by atoms with Crippen LogP contribution in [0.4, 0.5) is 5.69 Å². The fraction of sp³-hybridized carbons (Fsp3) is 0.294. The van der Waals surface area contributed by atoms with Crippen LogP contribution in [0.3, 0.4) is 0 Å². The van der Waals surface area contributed by atoms with Crippen LogP contribution < -0.4 is 10.6 Å². The van der Waals surface area contributed by atoms with Crippen molar-refractivity contribution in [1.29, 1.82) is 0 Å². The summed E-state index contributed by atoms with van der Waals surface area (Å²) in [5.41, 5.74) is 11.6. The van der Waals surface area contributed by atoms with E-state index in [0.29, 0.717) is 6.54 Å². The van der Waals surface area contributed by atoms with Crippen molar-refractivity contribution in [2.75, 3.05) is 11.9 Å². The van der Waals surface area contributed by atoms with E-state index in [-0.39, 0.29) is 0 Å². The molecule has 106 valence electrons. The van der Waals surface area contributed by atoms with Crippen LogP contribution in [0, 0.1) is 13.8 Å². The van der Waals surface area contributed by atoms with Gasteiger partial charge in [0.2, 0.25) is 0 Å². The Labute approximate surface area is 126 Å². The first-order chi connectivity index (χ1) is 9.49. The fourth-order valence-corrected chi connectivity index (χ4v) is 2.63. The van der Waals surface area contributed by atoms with Crippen LogP contribution >= 0.6 is 11.6 Å². The Morgan fingerprint density at radius 2 is 1.70 bits per heavy atom. The summed E-state index contributed by atoms with van der Waals surface area (Å²) in [5.74, 6) is 0. The first kappa shape index (κ1) is 14.9. The standard InChI is InChI=1S/C17H21ClN2/c1-12-6-13(2)8-16(7-12)20(3)11-15-5-4-14(10-19)9-17(15)18/h4-9H,10-11,19H2,1-3H3. The molecular weight excluding hydrogens is 268 g/mol. The minimum atomic E-state index is 0.521. The number of halogens is 1. The van der Waals surface area contributed by atoms with Crippen molar-refractivity contribution in [2.24, 2.45) is 5.73 Å². The van der Waals surface area contributed by atoms with Crippen molar-refractivity contribution in [3.8, 4) is 0 Å². The molecule has 0 aliphatic rings. The molecule has 0 saturated carbocycles. The maximum atomic E-state index is 6.32. The summed E-state index contributed by atoms with van der Waals surface area (Å²) in [5, 5.41) is 0.782. The van der Waals surface area contributed by atoms with Gasteiger partial charge in [0.15, 0.2) is 0 Å². The van der Waals surface area contributed by atoms with Crippen LogP contribution in [0.2, 0.25) is 5.02 Å². The molecular formula is C17H21ClN2. The van der Waals surface area contributed by atoms with E-state index in [4.69, 9.17) is 17.3 Å². The van der Waals surface area contributed by atoms with Gasteiger partial charge in [-0.1, -0.05) is 29.8 Å². The van der Waals surface area contributed by atoms with Gasteiger partial charge >= 0.3 is 0 Å². The Hall–Kier alpha value is -1.51. The van der Waals surface area contributed by atoms with E-state index in [1.165, 1.54) is 16.8 Å². The lowest BCUT2D eigenvalue weighted by atomic mass is 10.1. The highest BCUT2D eigenvalue weighted by molar-refractivity contribution is 6.31. The molecule has 2 N–H and O–H groups in total. The highest BCUT2D eigenvalue weighted by atomic mass is 35.5. The molecule has 0 aliphatic heterocycles. The number of hydrogen-bond acceptors (Lipinski definition) is 2. The Kier molecular flexibility index (Phi) is 4.69. The van der Waals surface area contributed by atoms with Crippen LogP contribution in [0.25, 0.3) is 0 Å².